The van der Waals surface area contributed by atoms with Crippen LogP contribution in [0.4, 0.5) is 4.79 Å². The van der Waals surface area contributed by atoms with Crippen LogP contribution in [0.5, 0.6) is 11.5 Å². The Bertz CT molecular complexity index is 4360. The first-order valence-corrected chi connectivity index (χ1v) is 50.4. The zero-order valence-corrected chi connectivity index (χ0v) is 86.2. The fraction of sp³-hybridized carbons (Fsp3) is 0.714. The predicted octanol–water partition coefficient (Wildman–Crippen LogP) is 15.6. The third-order valence-electron chi connectivity index (χ3n) is 29.4. The Morgan fingerprint density at radius 3 is 1.28 bits per heavy atom. The molecule has 133 heavy (non-hydrogen) atoms. The van der Waals surface area contributed by atoms with Gasteiger partial charge >= 0.3 is 6.03 Å². The summed E-state index contributed by atoms with van der Waals surface area (Å²) in [5, 5.41) is 7.02. The molecule has 13 atom stereocenters. The Labute approximate surface area is 814 Å². The third-order valence-corrected chi connectivity index (χ3v) is 34.6. The van der Waals surface area contributed by atoms with Crippen LogP contribution in [-0.4, -0.2) is 334 Å². The lowest BCUT2D eigenvalue weighted by Crippen LogP contribution is -2.55. The maximum atomic E-state index is 11.6. The average molecular weight is 1910 g/mol. The van der Waals surface area contributed by atoms with Gasteiger partial charge in [0.25, 0.3) is 0 Å². The minimum Gasteiger partial charge on any atom is -0.493 e. The van der Waals surface area contributed by atoms with Crippen LogP contribution in [0, 0.1) is 23.2 Å². The number of carbonyl (C=O) groups excluding carboxylic acids is 11. The molecule has 2 amide bonds. The number of ketones is 10. The standard InChI is InChI=1S/C14H19NO3.C13H17NO.C12H15NO.C11H19NO.2C10H17NO.C9H16N2OS.C9H15NOS2.C7H12N2O2.C7H13NO.3CH4/c1-9(16)12-5-10-6-13(17-3)14(18-4)7-11(10)8-15(12)2;1-10(15)9-14(2)13-7-11-5-3-4-6-12(11)8-13;1-9(14)12-7-10-5-3-4-6-11(10)8-13(12)2;1-8(13)11-7-9-5-3-4-6-10(9)12(11)2;1-7(12)10-8-3-5-9(6-4-8)11(10)2;1-7(12)10-6-8-4-3-5-9(8)11(10)2;1-6(12)7-11(5)10-8(13-7)9(2,3)4;1-7(11)8-5-9(6-10(8)2)12-3-4-13-9;1-5(10)6-4-8(2)7(11)9(6)3;1-6(9)7-4-3-5-8(7)2;;;/h6-7,12H,5,8H2,1-4H3;3-6,13H,7-9H2,1-2H3;3-6,12H,7-8H2,1-2H3;9-11H,3-7H2,1-2H3;2*8-10H,3-6H2,1-2H3;7H,1-5H3;8H,3-6H2,1-2H3;6H,4H2,1-3H3;7H,3-5H2,1-2H3;3*1H4/t12-;;12-;9?,10?,11-;2*8?,9?,10-;7-;8-;6-;7-;;;/m0.00100000.../s1. The number of methoxy groups -OCH3 is 2. The summed E-state index contributed by atoms with van der Waals surface area (Å²) >= 11 is 5.65. The molecule has 8 saturated heterocycles. The highest BCUT2D eigenvalue weighted by atomic mass is 32.2. The molecular formula is C105H172N12O13S3. The van der Waals surface area contributed by atoms with Crippen molar-refractivity contribution < 1.29 is 62.2 Å². The van der Waals surface area contributed by atoms with Gasteiger partial charge in [0.2, 0.25) is 0 Å². The first kappa shape index (κ1) is 117. The number of hydrazone groups is 1. The highest BCUT2D eigenvalue weighted by Crippen LogP contribution is 2.52. The van der Waals surface area contributed by atoms with Gasteiger partial charge < -0.3 is 19.3 Å². The van der Waals surface area contributed by atoms with Gasteiger partial charge in [-0.25, -0.2) is 4.79 Å². The summed E-state index contributed by atoms with van der Waals surface area (Å²) in [6.45, 7) is 27.9. The molecule has 11 fully saturated rings. The number of rotatable bonds is 14. The molecule has 0 aromatic heterocycles. The second-order valence-corrected chi connectivity index (χ2v) is 44.5. The van der Waals surface area contributed by atoms with Gasteiger partial charge in [0.05, 0.1) is 67.1 Å². The number of thioether (sulfide) groups is 3. The van der Waals surface area contributed by atoms with E-state index in [9.17, 15) is 52.7 Å². The number of hydrogen-bond acceptors (Lipinski definition) is 26. The van der Waals surface area contributed by atoms with E-state index in [1.54, 1.807) is 112 Å². The number of piperidine rings is 2. The molecule has 4 unspecified atom stereocenters. The molecule has 11 heterocycles. The lowest BCUT2D eigenvalue weighted by molar-refractivity contribution is -0.129. The van der Waals surface area contributed by atoms with Crippen LogP contribution >= 0.6 is 35.3 Å². The van der Waals surface area contributed by atoms with E-state index in [1.165, 1.54) is 134 Å². The summed E-state index contributed by atoms with van der Waals surface area (Å²) in [6.07, 6.45) is 23.9. The van der Waals surface area contributed by atoms with Gasteiger partial charge in [-0.05, 0) is 305 Å². The number of benzene rings is 3. The van der Waals surface area contributed by atoms with Gasteiger partial charge in [-0.3, -0.25) is 92.2 Å². The lowest BCUT2D eigenvalue weighted by Gasteiger charge is -2.48. The molecule has 3 saturated carbocycles. The number of amides is 2. The molecule has 3 aromatic carbocycles. The fourth-order valence-corrected chi connectivity index (χ4v) is 26.5. The number of nitrogens with zero attached hydrogens (tertiary/aromatic N) is 12. The molecule has 0 radical (unpaired) electrons. The summed E-state index contributed by atoms with van der Waals surface area (Å²) in [5.74, 6) is 8.92. The van der Waals surface area contributed by atoms with Crippen LogP contribution < -0.4 is 9.47 Å². The average Bonchev–Trinajstić information content (AvgIpc) is 1.73. The first-order chi connectivity index (χ1) is 61.2. The van der Waals surface area contributed by atoms with Crippen molar-refractivity contribution in [1.82, 2.24) is 54.0 Å². The van der Waals surface area contributed by atoms with E-state index in [1.807, 2.05) is 77.0 Å². The van der Waals surface area contributed by atoms with Gasteiger partial charge in [-0.1, -0.05) is 123 Å². The summed E-state index contributed by atoms with van der Waals surface area (Å²) < 4.78 is 11.0. The molecule has 25 nitrogen and oxygen atoms in total. The van der Waals surface area contributed by atoms with E-state index >= 15 is 0 Å². The van der Waals surface area contributed by atoms with Gasteiger partial charge in [0, 0.05) is 88.4 Å². The molecule has 1 spiro atoms. The molecule has 0 N–H and O–H groups in total. The number of fused-ring (bicyclic) bond motifs is 8. The quantitative estimate of drug-likeness (QED) is 0.145. The van der Waals surface area contributed by atoms with Crippen LogP contribution in [0.25, 0.3) is 0 Å². The van der Waals surface area contributed by atoms with Crippen molar-refractivity contribution in [1.29, 1.82) is 0 Å². The second kappa shape index (κ2) is 53.6. The summed E-state index contributed by atoms with van der Waals surface area (Å²) in [4.78, 5) is 144. The van der Waals surface area contributed by atoms with Crippen molar-refractivity contribution in [2.24, 2.45) is 28.3 Å². The summed E-state index contributed by atoms with van der Waals surface area (Å²) in [6, 6.07) is 24.4. The topological polar surface area (TPSA) is 254 Å². The maximum Gasteiger partial charge on any atom is 0.320 e. The predicted molar refractivity (Wildman–Crippen MR) is 548 cm³/mol. The molecule has 748 valence electrons. The van der Waals surface area contributed by atoms with Crippen LogP contribution in [0.3, 0.4) is 0 Å². The van der Waals surface area contributed by atoms with E-state index in [0.717, 1.165) is 112 Å². The molecule has 15 aliphatic rings. The van der Waals surface area contributed by atoms with Crippen LogP contribution in [0.15, 0.2) is 65.8 Å². The molecule has 4 aliphatic carbocycles. The Balaban J connectivity index is 0.000000262. The maximum absolute atomic E-state index is 11.6. The molecule has 2 bridgehead atoms. The van der Waals surface area contributed by atoms with E-state index in [-0.39, 0.29) is 116 Å². The van der Waals surface area contributed by atoms with Crippen molar-refractivity contribution in [2.75, 3.05) is 129 Å². The van der Waals surface area contributed by atoms with Crippen molar-refractivity contribution in [2.45, 2.75) is 336 Å². The van der Waals surface area contributed by atoms with Crippen LogP contribution in [0.2, 0.25) is 0 Å². The summed E-state index contributed by atoms with van der Waals surface area (Å²) in [5.41, 5.74) is 7.98. The van der Waals surface area contributed by atoms with Crippen molar-refractivity contribution in [3.63, 3.8) is 0 Å². The monoisotopic (exact) mass is 1910 g/mol. The van der Waals surface area contributed by atoms with Gasteiger partial charge in [0.15, 0.2) is 28.4 Å². The Morgan fingerprint density at radius 1 is 0.466 bits per heavy atom. The highest BCUT2D eigenvalue weighted by Gasteiger charge is 2.49. The number of likely N-dealkylation sites (N-methyl/N-ethyl adjacent to an activating group) is 11. The van der Waals surface area contributed by atoms with E-state index < -0.39 is 0 Å². The largest absolute Gasteiger partial charge is 0.493 e. The van der Waals surface area contributed by atoms with Gasteiger partial charge in [-0.15, -0.1) is 23.5 Å². The molecule has 11 aliphatic heterocycles. The normalized spacial score (nSPS) is 27.6. The lowest BCUT2D eigenvalue weighted by atomic mass is 9.74. The van der Waals surface area contributed by atoms with E-state index in [0.29, 0.717) is 70.1 Å². The molecule has 28 heteroatoms. The number of likely N-dealkylation sites (tertiary alicyclic amines) is 4. The number of Topliss-reactive ketones (excluding diaryl/α,β-unsaturated/α-hetero) is 10. The Kier molecular flexibility index (Phi) is 47.1. The van der Waals surface area contributed by atoms with E-state index in [4.69, 9.17) is 9.47 Å². The minimum atomic E-state index is -0.243. The van der Waals surface area contributed by atoms with Gasteiger partial charge in [0.1, 0.15) is 57.4 Å². The fourth-order valence-electron chi connectivity index (χ4n) is 22.0. The van der Waals surface area contributed by atoms with Gasteiger partial charge in [-0.2, -0.15) is 5.10 Å². The highest BCUT2D eigenvalue weighted by molar-refractivity contribution is 8.21. The van der Waals surface area contributed by atoms with Crippen molar-refractivity contribution in [3.8, 4) is 11.5 Å². The SMILES string of the molecule is C.C.C.CC(=O)CN(C)C1Cc2ccccc2C1.CC(=O)[C@@H]1C2CCC(CC2)N1C.CC(=O)[C@@H]1CC2(CN1C)SCCS2.CC(=O)[C@@H]1CC2CCCC2N1C.CC(=O)[C@@H]1CC2CCCCC2N1C.CC(=O)[C@@H]1CCCN1C.CC(=O)[C@@H]1CN(C)C(=O)N1C.CC(=O)[C@@H]1Cc2ccccc2CN1C.CC(=O)[C@@H]1SC(C(C)(C)C)=NN1C.COc1cc2c(cc1OC)CN(C)[C@H](C(C)=O)C2. The Morgan fingerprint density at radius 2 is 0.910 bits per heavy atom. The molecule has 18 rings (SSSR count). The first-order valence-electron chi connectivity index (χ1n) is 47.5. The zero-order chi connectivity index (χ0) is 96.2. The van der Waals surface area contributed by atoms with Crippen molar-refractivity contribution >= 4 is 104 Å². The minimum absolute atomic E-state index is 0. The number of urea groups is 1. The van der Waals surface area contributed by atoms with Crippen LogP contribution in [0.1, 0.15) is 248 Å². The number of hydrogen-bond donors (Lipinski definition) is 0. The molecular weight excluding hydrogens is 1730 g/mol. The summed E-state index contributed by atoms with van der Waals surface area (Å²) in [7, 11) is 24.9. The molecule has 3 aromatic rings. The van der Waals surface area contributed by atoms with Crippen LogP contribution in [-0.2, 0) is 86.7 Å². The second-order valence-electron chi connectivity index (χ2n) is 40.2. The Hall–Kier alpha value is -6.57. The van der Waals surface area contributed by atoms with Crippen molar-refractivity contribution in [3.05, 3.63) is 94.0 Å². The smallest absolute Gasteiger partial charge is 0.320 e. The zero-order valence-electron chi connectivity index (χ0n) is 83.7. The number of carbonyl (C=O) groups is 11. The number of ether oxygens (including phenoxy) is 2. The third kappa shape index (κ3) is 31.7. The van der Waals surface area contributed by atoms with E-state index in [2.05, 4.69) is 136 Å².